The highest BCUT2D eigenvalue weighted by molar-refractivity contribution is 5.96. The first-order valence-corrected chi connectivity index (χ1v) is 10.8. The summed E-state index contributed by atoms with van der Waals surface area (Å²) >= 11 is 0. The summed E-state index contributed by atoms with van der Waals surface area (Å²) in [4.78, 5) is 15.0. The lowest BCUT2D eigenvalue weighted by molar-refractivity contribution is -0.154. The number of hydrogen-bond acceptors (Lipinski definition) is 7. The van der Waals surface area contributed by atoms with E-state index in [1.807, 2.05) is 20.9 Å². The van der Waals surface area contributed by atoms with Crippen LogP contribution in [0.5, 0.6) is 0 Å². The number of hydrogen-bond donors (Lipinski definition) is 1. The summed E-state index contributed by atoms with van der Waals surface area (Å²) in [5.74, 6) is 0.707. The van der Waals surface area contributed by atoms with E-state index in [9.17, 15) is 4.79 Å². The third kappa shape index (κ3) is 6.14. The molecular weight excluding hydrogens is 386 g/mol. The maximum Gasteiger partial charge on any atom is 0.246 e. The van der Waals surface area contributed by atoms with E-state index in [2.05, 4.69) is 22.0 Å². The molecule has 2 saturated heterocycles. The lowest BCUT2D eigenvalue weighted by Gasteiger charge is -2.37. The molecule has 0 aromatic carbocycles. The van der Waals surface area contributed by atoms with Crippen molar-refractivity contribution in [3.63, 3.8) is 0 Å². The summed E-state index contributed by atoms with van der Waals surface area (Å²) in [7, 11) is 1.98. The summed E-state index contributed by atoms with van der Waals surface area (Å²) in [6.07, 6.45) is 4.95. The Morgan fingerprint density at radius 3 is 2.77 bits per heavy atom. The van der Waals surface area contributed by atoms with Gasteiger partial charge in [0.2, 0.25) is 11.8 Å². The summed E-state index contributed by atoms with van der Waals surface area (Å²) in [5, 5.41) is 6.86. The Labute approximate surface area is 178 Å². The number of nitrogens with zero attached hydrogens (tertiary/aromatic N) is 2. The average Bonchev–Trinajstić information content (AvgIpc) is 3.22. The third-order valence-electron chi connectivity index (χ3n) is 6.07. The van der Waals surface area contributed by atoms with Crippen molar-refractivity contribution in [2.75, 3.05) is 45.3 Å². The number of likely N-dealkylation sites (N-methyl/N-ethyl adjacent to an activating group) is 1. The SMILES string of the molecule is C=C(COC1CCCCO1)c1cc(NC(=O)C(C)(C)N(C)CC2CCOCC2)on1. The van der Waals surface area contributed by atoms with Gasteiger partial charge in [0.1, 0.15) is 5.69 Å². The lowest BCUT2D eigenvalue weighted by Crippen LogP contribution is -2.52. The Balaban J connectivity index is 1.49. The van der Waals surface area contributed by atoms with Crippen LogP contribution >= 0.6 is 0 Å². The molecule has 168 valence electrons. The fourth-order valence-electron chi connectivity index (χ4n) is 3.59. The van der Waals surface area contributed by atoms with Crippen molar-refractivity contribution in [3.05, 3.63) is 18.3 Å². The third-order valence-corrected chi connectivity index (χ3v) is 6.07. The van der Waals surface area contributed by atoms with Crippen molar-refractivity contribution in [1.29, 1.82) is 0 Å². The quantitative estimate of drug-likeness (QED) is 0.655. The van der Waals surface area contributed by atoms with Gasteiger partial charge in [-0.25, -0.2) is 0 Å². The minimum absolute atomic E-state index is 0.141. The molecule has 1 amide bonds. The second-order valence-corrected chi connectivity index (χ2v) is 8.74. The number of carbonyl (C=O) groups excluding carboxylic acids is 1. The van der Waals surface area contributed by atoms with Gasteiger partial charge in [0.15, 0.2) is 6.29 Å². The topological polar surface area (TPSA) is 86.1 Å². The van der Waals surface area contributed by atoms with Gasteiger partial charge >= 0.3 is 0 Å². The second-order valence-electron chi connectivity index (χ2n) is 8.74. The molecule has 1 unspecified atom stereocenters. The Morgan fingerprint density at radius 1 is 1.30 bits per heavy atom. The van der Waals surface area contributed by atoms with Gasteiger partial charge in [0.25, 0.3) is 0 Å². The van der Waals surface area contributed by atoms with E-state index in [0.717, 1.165) is 58.5 Å². The van der Waals surface area contributed by atoms with Gasteiger partial charge in [0, 0.05) is 32.4 Å². The summed E-state index contributed by atoms with van der Waals surface area (Å²) in [6.45, 7) is 11.3. The van der Waals surface area contributed by atoms with Crippen molar-refractivity contribution in [2.45, 2.75) is 57.8 Å². The molecule has 1 aromatic heterocycles. The highest BCUT2D eigenvalue weighted by Crippen LogP contribution is 2.24. The zero-order valence-electron chi connectivity index (χ0n) is 18.4. The van der Waals surface area contributed by atoms with Gasteiger partial charge in [-0.05, 0) is 64.5 Å². The predicted octanol–water partition coefficient (Wildman–Crippen LogP) is 3.31. The van der Waals surface area contributed by atoms with Crippen LogP contribution in [-0.4, -0.2) is 67.8 Å². The van der Waals surface area contributed by atoms with Gasteiger partial charge in [-0.15, -0.1) is 0 Å². The maximum atomic E-state index is 12.9. The van der Waals surface area contributed by atoms with Crippen LogP contribution in [0.4, 0.5) is 5.88 Å². The van der Waals surface area contributed by atoms with Crippen LogP contribution in [0.2, 0.25) is 0 Å². The first kappa shape index (κ1) is 22.9. The van der Waals surface area contributed by atoms with Crippen LogP contribution in [0.15, 0.2) is 17.2 Å². The fraction of sp³-hybridized carbons (Fsp3) is 0.727. The molecule has 0 spiro atoms. The number of nitrogens with one attached hydrogen (secondary N) is 1. The second kappa shape index (κ2) is 10.5. The predicted molar refractivity (Wildman–Crippen MR) is 114 cm³/mol. The Morgan fingerprint density at radius 2 is 2.07 bits per heavy atom. The number of ether oxygens (including phenoxy) is 3. The van der Waals surface area contributed by atoms with E-state index >= 15 is 0 Å². The van der Waals surface area contributed by atoms with E-state index in [-0.39, 0.29) is 12.2 Å². The van der Waals surface area contributed by atoms with Crippen LogP contribution < -0.4 is 5.32 Å². The van der Waals surface area contributed by atoms with Gasteiger partial charge in [-0.3, -0.25) is 15.0 Å². The normalized spacial score (nSPS) is 21.0. The van der Waals surface area contributed by atoms with E-state index in [1.165, 1.54) is 0 Å². The molecule has 2 aliphatic rings. The lowest BCUT2D eigenvalue weighted by atomic mass is 9.95. The van der Waals surface area contributed by atoms with Crippen molar-refractivity contribution in [1.82, 2.24) is 10.1 Å². The number of aromatic nitrogens is 1. The molecule has 3 rings (SSSR count). The Hall–Kier alpha value is -1.74. The summed E-state index contributed by atoms with van der Waals surface area (Å²) in [6, 6.07) is 1.68. The molecule has 0 radical (unpaired) electrons. The Kier molecular flexibility index (Phi) is 8.05. The van der Waals surface area contributed by atoms with Crippen molar-refractivity contribution in [3.8, 4) is 0 Å². The molecule has 1 aromatic rings. The van der Waals surface area contributed by atoms with Crippen molar-refractivity contribution < 1.29 is 23.5 Å². The number of carbonyl (C=O) groups is 1. The molecule has 0 aliphatic carbocycles. The maximum absolute atomic E-state index is 12.9. The van der Waals surface area contributed by atoms with Crippen LogP contribution in [0.1, 0.15) is 51.6 Å². The highest BCUT2D eigenvalue weighted by atomic mass is 16.7. The van der Waals surface area contributed by atoms with Crippen LogP contribution in [-0.2, 0) is 19.0 Å². The summed E-state index contributed by atoms with van der Waals surface area (Å²) < 4.78 is 22.0. The molecule has 1 N–H and O–H groups in total. The van der Waals surface area contributed by atoms with Crippen LogP contribution in [0.3, 0.4) is 0 Å². The standard InChI is InChI=1S/C22H35N3O5/c1-16(15-29-20-7-5-6-10-28-20)18-13-19(30-24-18)23-21(26)22(2,3)25(4)14-17-8-11-27-12-9-17/h13,17,20H,1,5-12,14-15H2,2-4H3,(H,23,26). The smallest absolute Gasteiger partial charge is 0.246 e. The Bertz CT molecular complexity index is 705. The zero-order valence-corrected chi connectivity index (χ0v) is 18.4. The van der Waals surface area contributed by atoms with Gasteiger partial charge < -0.3 is 18.7 Å². The molecule has 8 heteroatoms. The minimum Gasteiger partial charge on any atom is -0.381 e. The number of rotatable bonds is 9. The summed E-state index contributed by atoms with van der Waals surface area (Å²) in [5.41, 5.74) is 0.558. The van der Waals surface area contributed by atoms with Gasteiger partial charge in [-0.2, -0.15) is 0 Å². The monoisotopic (exact) mass is 421 g/mol. The van der Waals surface area contributed by atoms with Crippen LogP contribution in [0.25, 0.3) is 5.57 Å². The molecule has 30 heavy (non-hydrogen) atoms. The average molecular weight is 422 g/mol. The molecular formula is C22H35N3O5. The number of anilines is 1. The molecule has 0 saturated carbocycles. The molecule has 2 aliphatic heterocycles. The van der Waals surface area contributed by atoms with Crippen LogP contribution in [0, 0.1) is 5.92 Å². The van der Waals surface area contributed by atoms with Crippen molar-refractivity contribution >= 4 is 17.4 Å². The fourth-order valence-corrected chi connectivity index (χ4v) is 3.59. The molecule has 1 atom stereocenters. The van der Waals surface area contributed by atoms with E-state index < -0.39 is 5.54 Å². The van der Waals surface area contributed by atoms with Crippen molar-refractivity contribution in [2.24, 2.45) is 5.92 Å². The molecule has 3 heterocycles. The first-order valence-electron chi connectivity index (χ1n) is 10.8. The molecule has 0 bridgehead atoms. The largest absolute Gasteiger partial charge is 0.381 e. The minimum atomic E-state index is -0.691. The van der Waals surface area contributed by atoms with Gasteiger partial charge in [0.05, 0.1) is 12.1 Å². The highest BCUT2D eigenvalue weighted by Gasteiger charge is 2.34. The molecule has 2 fully saturated rings. The van der Waals surface area contributed by atoms with E-state index in [1.54, 1.807) is 6.07 Å². The van der Waals surface area contributed by atoms with Gasteiger partial charge in [-0.1, -0.05) is 11.7 Å². The first-order chi connectivity index (χ1) is 14.4. The zero-order chi connectivity index (χ0) is 21.6. The van der Waals surface area contributed by atoms with E-state index in [0.29, 0.717) is 29.7 Å². The van der Waals surface area contributed by atoms with E-state index in [4.69, 9.17) is 18.7 Å². The molecule has 8 nitrogen and oxygen atoms in total. The number of amides is 1.